The molecule has 9 heteroatoms. The molecule has 0 aromatic heterocycles. The molecule has 158 valence electrons. The second-order valence-corrected chi connectivity index (χ2v) is 8.46. The lowest BCUT2D eigenvalue weighted by molar-refractivity contribution is 0.102. The Morgan fingerprint density at radius 1 is 1.10 bits per heavy atom. The summed E-state index contributed by atoms with van der Waals surface area (Å²) < 4.78 is 34.7. The van der Waals surface area contributed by atoms with Crippen LogP contribution >= 0.6 is 12.4 Å². The number of carbonyl (C=O) groups is 1. The van der Waals surface area contributed by atoms with Gasteiger partial charge in [0.25, 0.3) is 5.91 Å². The van der Waals surface area contributed by atoms with Gasteiger partial charge in [0.15, 0.2) is 0 Å². The Kier molecular flexibility index (Phi) is 8.04. The van der Waals surface area contributed by atoms with Gasteiger partial charge in [0, 0.05) is 29.5 Å². The van der Waals surface area contributed by atoms with Crippen molar-refractivity contribution in [3.8, 4) is 0 Å². The Morgan fingerprint density at radius 3 is 2.38 bits per heavy atom. The highest BCUT2D eigenvalue weighted by Gasteiger charge is 2.29. The highest BCUT2D eigenvalue weighted by atomic mass is 35.5. The molecule has 4 N–H and O–H groups in total. The van der Waals surface area contributed by atoms with E-state index in [9.17, 15) is 17.8 Å². The summed E-state index contributed by atoms with van der Waals surface area (Å²) in [5.74, 6) is -0.281. The average molecular weight is 440 g/mol. The van der Waals surface area contributed by atoms with Crippen LogP contribution < -0.4 is 11.1 Å². The lowest BCUT2D eigenvalue weighted by Crippen LogP contribution is -2.40. The molecule has 1 fully saturated rings. The zero-order valence-electron chi connectivity index (χ0n) is 16.0. The van der Waals surface area contributed by atoms with Crippen LogP contribution in [-0.4, -0.2) is 29.2 Å². The molecule has 7 nitrogen and oxygen atoms in total. The van der Waals surface area contributed by atoms with Crippen molar-refractivity contribution in [2.45, 2.75) is 44.7 Å². The van der Waals surface area contributed by atoms with Crippen LogP contribution in [-0.2, 0) is 16.8 Å². The predicted octanol–water partition coefficient (Wildman–Crippen LogP) is 3.88. The van der Waals surface area contributed by atoms with Crippen LogP contribution in [0.5, 0.6) is 0 Å². The Hall–Kier alpha value is -2.13. The molecule has 0 saturated heterocycles. The third-order valence-corrected chi connectivity index (χ3v) is 5.99. The number of anilines is 2. The maximum absolute atomic E-state index is 12.4. The smallest absolute Gasteiger partial charge is 0.336 e. The number of amides is 1. The molecule has 0 spiro atoms. The SMILES string of the molecule is Cl.Nc1ccc(C(=O)Nc2cccc(CN(C3CCCCC3)S(=O)(=O)O)c2)cc1. The second-order valence-electron chi connectivity index (χ2n) is 7.09. The third-order valence-electron chi connectivity index (χ3n) is 4.97. The average Bonchev–Trinajstić information content (AvgIpc) is 2.67. The standard InChI is InChI=1S/C20H25N3O4S.ClH/c21-17-11-9-16(10-12-17)20(24)22-18-6-4-5-15(13-18)14-23(28(25,26)27)19-7-2-1-3-8-19;/h4-6,9-13,19H,1-3,7-8,14,21H2,(H,22,24)(H,25,26,27);1H. The number of carbonyl (C=O) groups excluding carboxylic acids is 1. The van der Waals surface area contributed by atoms with Gasteiger partial charge in [-0.1, -0.05) is 31.4 Å². The van der Waals surface area contributed by atoms with Crippen molar-refractivity contribution in [1.82, 2.24) is 4.31 Å². The molecule has 2 aromatic carbocycles. The summed E-state index contributed by atoms with van der Waals surface area (Å²) in [6.07, 6.45) is 4.48. The topological polar surface area (TPSA) is 113 Å². The van der Waals surface area contributed by atoms with Gasteiger partial charge in [0.1, 0.15) is 0 Å². The van der Waals surface area contributed by atoms with Gasteiger partial charge in [0.05, 0.1) is 0 Å². The number of nitrogens with one attached hydrogen (secondary N) is 1. The number of benzene rings is 2. The van der Waals surface area contributed by atoms with Crippen LogP contribution in [0.25, 0.3) is 0 Å². The van der Waals surface area contributed by atoms with Gasteiger partial charge < -0.3 is 11.1 Å². The lowest BCUT2D eigenvalue weighted by atomic mass is 9.95. The molecule has 0 bridgehead atoms. The Bertz CT molecular complexity index is 929. The van der Waals surface area contributed by atoms with Crippen LogP contribution in [0.15, 0.2) is 48.5 Å². The fourth-order valence-electron chi connectivity index (χ4n) is 3.53. The van der Waals surface area contributed by atoms with E-state index in [4.69, 9.17) is 5.73 Å². The highest BCUT2D eigenvalue weighted by Crippen LogP contribution is 2.26. The predicted molar refractivity (Wildman–Crippen MR) is 116 cm³/mol. The van der Waals surface area contributed by atoms with E-state index in [0.29, 0.717) is 22.5 Å². The monoisotopic (exact) mass is 439 g/mol. The van der Waals surface area contributed by atoms with E-state index in [1.807, 2.05) is 0 Å². The minimum absolute atomic E-state index is 0. The summed E-state index contributed by atoms with van der Waals surface area (Å²) in [5, 5.41) is 2.80. The molecule has 1 amide bonds. The minimum atomic E-state index is -4.31. The van der Waals surface area contributed by atoms with Gasteiger partial charge in [-0.25, -0.2) is 0 Å². The number of halogens is 1. The first-order valence-corrected chi connectivity index (χ1v) is 10.7. The van der Waals surface area contributed by atoms with Crippen LogP contribution in [0, 0.1) is 0 Å². The summed E-state index contributed by atoms with van der Waals surface area (Å²) in [7, 11) is -4.31. The van der Waals surface area contributed by atoms with E-state index in [1.54, 1.807) is 48.5 Å². The maximum Gasteiger partial charge on any atom is 0.336 e. The summed E-state index contributed by atoms with van der Waals surface area (Å²) in [4.78, 5) is 12.4. The molecule has 0 atom stereocenters. The van der Waals surface area contributed by atoms with Crippen molar-refractivity contribution in [1.29, 1.82) is 0 Å². The van der Waals surface area contributed by atoms with Gasteiger partial charge in [0.2, 0.25) is 0 Å². The summed E-state index contributed by atoms with van der Waals surface area (Å²) >= 11 is 0. The Labute approximate surface area is 177 Å². The molecule has 0 heterocycles. The summed E-state index contributed by atoms with van der Waals surface area (Å²) in [5.41, 5.74) is 7.93. The van der Waals surface area contributed by atoms with Gasteiger partial charge in [-0.05, 0) is 54.8 Å². The van der Waals surface area contributed by atoms with Crippen molar-refractivity contribution < 1.29 is 17.8 Å². The van der Waals surface area contributed by atoms with E-state index < -0.39 is 10.3 Å². The number of hydrogen-bond donors (Lipinski definition) is 3. The second kappa shape index (κ2) is 10.1. The number of nitrogen functional groups attached to an aromatic ring is 1. The molecule has 0 aliphatic heterocycles. The van der Waals surface area contributed by atoms with Gasteiger partial charge in [-0.3, -0.25) is 9.35 Å². The van der Waals surface area contributed by atoms with Crippen LogP contribution in [0.3, 0.4) is 0 Å². The van der Waals surface area contributed by atoms with Gasteiger partial charge in [-0.2, -0.15) is 12.7 Å². The summed E-state index contributed by atoms with van der Waals surface area (Å²) in [6, 6.07) is 13.4. The van der Waals surface area contributed by atoms with E-state index in [0.717, 1.165) is 36.4 Å². The zero-order valence-corrected chi connectivity index (χ0v) is 17.6. The molecular weight excluding hydrogens is 414 g/mol. The van der Waals surface area contributed by atoms with Crippen molar-refractivity contribution >= 4 is 40.0 Å². The minimum Gasteiger partial charge on any atom is -0.399 e. The fourth-order valence-corrected chi connectivity index (χ4v) is 4.43. The van der Waals surface area contributed by atoms with Crippen molar-refractivity contribution in [2.24, 2.45) is 0 Å². The Balaban J connectivity index is 0.00000300. The molecule has 29 heavy (non-hydrogen) atoms. The number of rotatable bonds is 6. The zero-order chi connectivity index (χ0) is 20.1. The van der Waals surface area contributed by atoms with Crippen molar-refractivity contribution in [2.75, 3.05) is 11.1 Å². The Morgan fingerprint density at radius 2 is 1.76 bits per heavy atom. The van der Waals surface area contributed by atoms with E-state index in [2.05, 4.69) is 5.32 Å². The number of nitrogens with two attached hydrogens (primary N) is 1. The largest absolute Gasteiger partial charge is 0.399 e. The molecule has 1 saturated carbocycles. The first-order valence-electron chi connectivity index (χ1n) is 9.33. The van der Waals surface area contributed by atoms with Crippen LogP contribution in [0.1, 0.15) is 48.0 Å². The fraction of sp³-hybridized carbons (Fsp3) is 0.350. The summed E-state index contributed by atoms with van der Waals surface area (Å²) in [6.45, 7) is 0.0646. The van der Waals surface area contributed by atoms with Crippen LogP contribution in [0.2, 0.25) is 0 Å². The molecule has 0 radical (unpaired) electrons. The van der Waals surface area contributed by atoms with Crippen LogP contribution in [0.4, 0.5) is 11.4 Å². The molecule has 1 aliphatic rings. The molecule has 2 aromatic rings. The quantitative estimate of drug-likeness (QED) is 0.467. The van der Waals surface area contributed by atoms with Gasteiger partial charge in [-0.15, -0.1) is 12.4 Å². The normalized spacial score (nSPS) is 15.0. The molecular formula is C20H26ClN3O4S. The maximum atomic E-state index is 12.4. The first-order chi connectivity index (χ1) is 13.3. The third kappa shape index (κ3) is 6.43. The molecule has 0 unspecified atom stereocenters. The van der Waals surface area contributed by atoms with Crippen molar-refractivity contribution in [3.05, 3.63) is 59.7 Å². The molecule has 3 rings (SSSR count). The van der Waals surface area contributed by atoms with Gasteiger partial charge >= 0.3 is 10.3 Å². The number of hydrogen-bond acceptors (Lipinski definition) is 4. The lowest BCUT2D eigenvalue weighted by Gasteiger charge is -2.31. The van der Waals surface area contributed by atoms with Crippen molar-refractivity contribution in [3.63, 3.8) is 0 Å². The molecule has 1 aliphatic carbocycles. The highest BCUT2D eigenvalue weighted by molar-refractivity contribution is 7.83. The van der Waals surface area contributed by atoms with E-state index >= 15 is 0 Å². The first kappa shape index (κ1) is 23.2. The van der Waals surface area contributed by atoms with E-state index in [-0.39, 0.29) is 30.9 Å². The number of nitrogens with zero attached hydrogens (tertiary/aromatic N) is 1. The van der Waals surface area contributed by atoms with E-state index in [1.165, 1.54) is 0 Å².